The van der Waals surface area contributed by atoms with E-state index in [1.165, 1.54) is 13.3 Å². The van der Waals surface area contributed by atoms with Crippen LogP contribution in [0.25, 0.3) is 22.7 Å². The van der Waals surface area contributed by atoms with Crippen molar-refractivity contribution in [2.45, 2.75) is 6.61 Å². The van der Waals surface area contributed by atoms with Crippen LogP contribution in [0.15, 0.2) is 58.5 Å². The molecule has 0 atom stereocenters. The van der Waals surface area contributed by atoms with E-state index in [9.17, 15) is 5.26 Å². The van der Waals surface area contributed by atoms with Crippen molar-refractivity contribution in [2.24, 2.45) is 0 Å². The molecule has 1 aliphatic heterocycles. The lowest BCUT2D eigenvalue weighted by Gasteiger charge is -2.28. The van der Waals surface area contributed by atoms with Crippen LogP contribution in [0.3, 0.4) is 0 Å². The quantitative estimate of drug-likeness (QED) is 0.378. The number of morpholine rings is 1. The van der Waals surface area contributed by atoms with Crippen LogP contribution >= 0.6 is 11.3 Å². The highest BCUT2D eigenvalue weighted by atomic mass is 32.1. The molecule has 34 heavy (non-hydrogen) atoms. The molecule has 0 amide bonds. The molecule has 9 heteroatoms. The Bertz CT molecular complexity index is 1290. The highest BCUT2D eigenvalue weighted by Crippen LogP contribution is 2.35. The van der Waals surface area contributed by atoms with Crippen LogP contribution in [0.4, 0.5) is 5.69 Å². The molecular weight excluding hydrogens is 452 g/mol. The minimum atomic E-state index is 0.234. The lowest BCUT2D eigenvalue weighted by atomic mass is 10.0. The fraction of sp³-hybridized carbons (Fsp3) is 0.240. The Balaban J connectivity index is 1.53. The fourth-order valence-electron chi connectivity index (χ4n) is 3.73. The van der Waals surface area contributed by atoms with Gasteiger partial charge < -0.3 is 23.5 Å². The summed E-state index contributed by atoms with van der Waals surface area (Å²) in [6, 6.07) is 16.1. The van der Waals surface area contributed by atoms with E-state index < -0.39 is 0 Å². The Labute approximate surface area is 201 Å². The Morgan fingerprint density at radius 1 is 1.18 bits per heavy atom. The molecule has 1 aromatic carbocycles. The van der Waals surface area contributed by atoms with Crippen molar-refractivity contribution in [3.8, 4) is 40.6 Å². The molecular formula is C25H22N4O4S. The highest BCUT2D eigenvalue weighted by molar-refractivity contribution is 7.09. The van der Waals surface area contributed by atoms with Crippen LogP contribution in [0.2, 0.25) is 0 Å². The molecule has 3 aromatic heterocycles. The Kier molecular flexibility index (Phi) is 6.42. The van der Waals surface area contributed by atoms with Gasteiger partial charge in [-0.3, -0.25) is 0 Å². The van der Waals surface area contributed by atoms with Crippen LogP contribution < -0.4 is 14.4 Å². The minimum absolute atomic E-state index is 0.234. The van der Waals surface area contributed by atoms with Gasteiger partial charge in [0.15, 0.2) is 0 Å². The Morgan fingerprint density at radius 2 is 2.00 bits per heavy atom. The lowest BCUT2D eigenvalue weighted by Crippen LogP contribution is -2.36. The number of nitrogens with zero attached hydrogens (tertiary/aromatic N) is 4. The number of benzene rings is 1. The summed E-state index contributed by atoms with van der Waals surface area (Å²) >= 11 is 1.58. The van der Waals surface area contributed by atoms with Gasteiger partial charge in [-0.25, -0.2) is 9.97 Å². The maximum absolute atomic E-state index is 9.94. The van der Waals surface area contributed by atoms with Crippen molar-refractivity contribution in [3.05, 3.63) is 64.5 Å². The molecule has 0 aliphatic carbocycles. The molecule has 172 valence electrons. The van der Waals surface area contributed by atoms with Crippen LogP contribution in [0.5, 0.6) is 11.8 Å². The number of aromatic nitrogens is 2. The number of hydrogen-bond donors (Lipinski definition) is 0. The van der Waals surface area contributed by atoms with Gasteiger partial charge in [0.25, 0.3) is 0 Å². The minimum Gasteiger partial charge on any atom is -0.471 e. The number of anilines is 1. The summed E-state index contributed by atoms with van der Waals surface area (Å²) in [7, 11) is 1.50. The van der Waals surface area contributed by atoms with Gasteiger partial charge in [0, 0.05) is 29.2 Å². The maximum Gasteiger partial charge on any atom is 0.305 e. The second-order valence-electron chi connectivity index (χ2n) is 7.55. The van der Waals surface area contributed by atoms with Gasteiger partial charge >= 0.3 is 5.95 Å². The number of methoxy groups -OCH3 is 1. The van der Waals surface area contributed by atoms with Crippen molar-refractivity contribution in [2.75, 3.05) is 38.3 Å². The zero-order chi connectivity index (χ0) is 23.3. The van der Waals surface area contributed by atoms with Gasteiger partial charge in [-0.2, -0.15) is 5.26 Å². The molecule has 4 aromatic rings. The maximum atomic E-state index is 9.94. The fourth-order valence-corrected chi connectivity index (χ4v) is 4.34. The van der Waals surface area contributed by atoms with Gasteiger partial charge in [0.05, 0.1) is 31.6 Å². The number of ether oxygens (including phenoxy) is 3. The van der Waals surface area contributed by atoms with Gasteiger partial charge in [0.1, 0.15) is 24.4 Å². The summed E-state index contributed by atoms with van der Waals surface area (Å²) in [6.07, 6.45) is 1.47. The van der Waals surface area contributed by atoms with Crippen molar-refractivity contribution in [1.29, 1.82) is 5.26 Å². The van der Waals surface area contributed by atoms with E-state index in [0.29, 0.717) is 17.9 Å². The van der Waals surface area contributed by atoms with E-state index in [0.717, 1.165) is 42.4 Å². The number of pyridine rings is 1. The molecule has 8 nitrogen and oxygen atoms in total. The average Bonchev–Trinajstić information content (AvgIpc) is 3.60. The lowest BCUT2D eigenvalue weighted by molar-refractivity contribution is 0.122. The Hall–Kier alpha value is -3.87. The van der Waals surface area contributed by atoms with Crippen molar-refractivity contribution in [3.63, 3.8) is 0 Å². The number of oxazole rings is 1. The van der Waals surface area contributed by atoms with Crippen molar-refractivity contribution >= 4 is 17.0 Å². The molecule has 0 bridgehead atoms. The van der Waals surface area contributed by atoms with Crippen LogP contribution in [0.1, 0.15) is 10.4 Å². The summed E-state index contributed by atoms with van der Waals surface area (Å²) in [6.45, 7) is 3.50. The summed E-state index contributed by atoms with van der Waals surface area (Å²) in [5.41, 5.74) is 3.43. The Morgan fingerprint density at radius 3 is 2.68 bits per heavy atom. The molecule has 1 fully saturated rings. The van der Waals surface area contributed by atoms with Crippen molar-refractivity contribution in [1.82, 2.24) is 9.97 Å². The summed E-state index contributed by atoms with van der Waals surface area (Å²) < 4.78 is 22.3. The molecule has 4 heterocycles. The normalized spacial score (nSPS) is 13.5. The predicted octanol–water partition coefficient (Wildman–Crippen LogP) is 4.76. The summed E-state index contributed by atoms with van der Waals surface area (Å²) in [4.78, 5) is 12.3. The second kappa shape index (κ2) is 9.95. The van der Waals surface area contributed by atoms with E-state index >= 15 is 0 Å². The number of thiophene rings is 1. The third-order valence-electron chi connectivity index (χ3n) is 5.48. The molecule has 0 saturated carbocycles. The molecule has 1 saturated heterocycles. The van der Waals surface area contributed by atoms with Crippen LogP contribution in [-0.4, -0.2) is 43.4 Å². The molecule has 0 spiro atoms. The van der Waals surface area contributed by atoms with Gasteiger partial charge in [-0.15, -0.1) is 11.3 Å². The standard InChI is InChI=1S/C25H22N4O4S/c1-30-23-15-27-24(33-23)20-13-22(17-4-6-18(7-5-17)29-8-10-31-11-9-29)28-25(21(20)14-26)32-16-19-3-2-12-34-19/h2-7,12-13,15H,8-11,16H2,1H3. The van der Waals surface area contributed by atoms with E-state index in [-0.39, 0.29) is 23.3 Å². The molecule has 0 unspecified atom stereocenters. The monoisotopic (exact) mass is 474 g/mol. The topological polar surface area (TPSA) is 93.6 Å². The van der Waals surface area contributed by atoms with Crippen molar-refractivity contribution < 1.29 is 18.6 Å². The first-order valence-electron chi connectivity index (χ1n) is 10.8. The zero-order valence-electron chi connectivity index (χ0n) is 18.6. The molecule has 0 N–H and O–H groups in total. The highest BCUT2D eigenvalue weighted by Gasteiger charge is 2.21. The van der Waals surface area contributed by atoms with E-state index in [1.807, 2.05) is 29.6 Å². The predicted molar refractivity (Wildman–Crippen MR) is 128 cm³/mol. The first-order valence-corrected chi connectivity index (χ1v) is 11.7. The van der Waals surface area contributed by atoms with E-state index in [1.54, 1.807) is 17.4 Å². The van der Waals surface area contributed by atoms with E-state index in [2.05, 4.69) is 28.1 Å². The van der Waals surface area contributed by atoms with E-state index in [4.69, 9.17) is 23.6 Å². The number of rotatable bonds is 7. The second-order valence-corrected chi connectivity index (χ2v) is 8.58. The zero-order valence-corrected chi connectivity index (χ0v) is 19.4. The third kappa shape index (κ3) is 4.59. The smallest absolute Gasteiger partial charge is 0.305 e. The van der Waals surface area contributed by atoms with Gasteiger partial charge in [0.2, 0.25) is 11.8 Å². The summed E-state index contributed by atoms with van der Waals surface area (Å²) in [5.74, 6) is 0.758. The molecule has 0 radical (unpaired) electrons. The molecule has 1 aliphatic rings. The molecule has 5 rings (SSSR count). The number of hydrogen-bond acceptors (Lipinski definition) is 9. The largest absolute Gasteiger partial charge is 0.471 e. The number of nitriles is 1. The third-order valence-corrected chi connectivity index (χ3v) is 6.33. The van der Waals surface area contributed by atoms with Gasteiger partial charge in [-0.05, 0) is 29.6 Å². The SMILES string of the molecule is COc1cnc(-c2cc(-c3ccc(N4CCOCC4)cc3)nc(OCc3cccs3)c2C#N)o1. The first kappa shape index (κ1) is 21.9. The first-order chi connectivity index (χ1) is 16.7. The van der Waals surface area contributed by atoms with Gasteiger partial charge in [-0.1, -0.05) is 18.2 Å². The average molecular weight is 475 g/mol. The van der Waals surface area contributed by atoms with Crippen LogP contribution in [-0.2, 0) is 11.3 Å². The summed E-state index contributed by atoms with van der Waals surface area (Å²) in [5, 5.41) is 11.9. The van der Waals surface area contributed by atoms with Crippen LogP contribution in [0, 0.1) is 11.3 Å².